The van der Waals surface area contributed by atoms with Crippen molar-refractivity contribution >= 4 is 17.3 Å². The molecule has 2 aromatic carbocycles. The van der Waals surface area contributed by atoms with Gasteiger partial charge in [0.2, 0.25) is 0 Å². The van der Waals surface area contributed by atoms with Gasteiger partial charge >= 0.3 is 0 Å². The van der Waals surface area contributed by atoms with Crippen LogP contribution in [0.15, 0.2) is 42.5 Å². The molecule has 2 rings (SSSR count). The lowest BCUT2D eigenvalue weighted by Crippen LogP contribution is -1.96. The number of nitro groups is 1. The Bertz CT molecular complexity index is 643. The Kier molecular flexibility index (Phi) is 4.22. The lowest BCUT2D eigenvalue weighted by Gasteiger charge is -2.13. The van der Waals surface area contributed by atoms with Gasteiger partial charge in [-0.15, -0.1) is 0 Å². The number of benzene rings is 2. The lowest BCUT2D eigenvalue weighted by molar-refractivity contribution is -0.384. The molecule has 0 radical (unpaired) electrons. The molecule has 104 valence electrons. The van der Waals surface area contributed by atoms with Crippen LogP contribution in [0.3, 0.4) is 0 Å². The minimum Gasteiger partial charge on any atom is -0.455 e. The minimum absolute atomic E-state index is 0.105. The molecule has 2 aromatic rings. The first-order valence-electron chi connectivity index (χ1n) is 5.88. The smallest absolute Gasteiger partial charge is 0.271 e. The van der Waals surface area contributed by atoms with Crippen LogP contribution in [0, 0.1) is 10.1 Å². The summed E-state index contributed by atoms with van der Waals surface area (Å²) in [5.74, 6) is 0.753. The summed E-state index contributed by atoms with van der Waals surface area (Å²) in [6, 6.07) is 10.9. The normalized spacial score (nSPS) is 11.9. The zero-order chi connectivity index (χ0) is 14.7. The molecule has 0 aliphatic rings. The van der Waals surface area contributed by atoms with Crippen LogP contribution in [0.25, 0.3) is 0 Å². The van der Waals surface area contributed by atoms with Crippen LogP contribution in [-0.4, -0.2) is 10.0 Å². The fraction of sp³-hybridized carbons (Fsp3) is 0.143. The maximum absolute atomic E-state index is 10.6. The molecule has 0 saturated carbocycles. The van der Waals surface area contributed by atoms with Gasteiger partial charge < -0.3 is 9.84 Å². The molecule has 0 saturated heterocycles. The molecule has 1 N–H and O–H groups in total. The number of ether oxygens (including phenoxy) is 1. The van der Waals surface area contributed by atoms with E-state index in [1.54, 1.807) is 31.2 Å². The van der Waals surface area contributed by atoms with E-state index in [9.17, 15) is 15.2 Å². The van der Waals surface area contributed by atoms with E-state index in [2.05, 4.69) is 0 Å². The Morgan fingerprint density at radius 2 is 1.95 bits per heavy atom. The summed E-state index contributed by atoms with van der Waals surface area (Å²) in [5.41, 5.74) is 0.507. The number of hydrogen-bond acceptors (Lipinski definition) is 4. The maximum Gasteiger partial charge on any atom is 0.271 e. The molecular formula is C14H12ClNO4. The van der Waals surface area contributed by atoms with Crippen molar-refractivity contribution in [1.29, 1.82) is 0 Å². The third-order valence-electron chi connectivity index (χ3n) is 2.72. The summed E-state index contributed by atoms with van der Waals surface area (Å²) in [7, 11) is 0. The molecule has 0 fully saturated rings. The monoisotopic (exact) mass is 293 g/mol. The molecule has 0 aliphatic heterocycles. The fourth-order valence-electron chi connectivity index (χ4n) is 1.72. The van der Waals surface area contributed by atoms with Crippen LogP contribution in [0.2, 0.25) is 5.02 Å². The molecule has 0 amide bonds. The number of para-hydroxylation sites is 1. The molecule has 0 unspecified atom stereocenters. The number of nitro benzene ring substituents is 1. The first-order valence-corrected chi connectivity index (χ1v) is 6.25. The van der Waals surface area contributed by atoms with Gasteiger partial charge in [0.25, 0.3) is 5.69 Å². The van der Waals surface area contributed by atoms with E-state index in [-0.39, 0.29) is 10.7 Å². The van der Waals surface area contributed by atoms with Crippen molar-refractivity contribution < 1.29 is 14.8 Å². The van der Waals surface area contributed by atoms with Gasteiger partial charge in [-0.3, -0.25) is 10.1 Å². The molecule has 0 heterocycles. The zero-order valence-corrected chi connectivity index (χ0v) is 11.4. The number of rotatable bonds is 4. The number of non-ortho nitro benzene ring substituents is 1. The van der Waals surface area contributed by atoms with Crippen molar-refractivity contribution in [3.63, 3.8) is 0 Å². The molecule has 0 aromatic heterocycles. The second-order valence-electron chi connectivity index (χ2n) is 4.19. The highest BCUT2D eigenvalue weighted by molar-refractivity contribution is 6.32. The van der Waals surface area contributed by atoms with Gasteiger partial charge in [0.05, 0.1) is 16.0 Å². The Hall–Kier alpha value is -2.11. The Morgan fingerprint density at radius 3 is 2.55 bits per heavy atom. The van der Waals surface area contributed by atoms with Gasteiger partial charge in [-0.2, -0.15) is 0 Å². The van der Waals surface area contributed by atoms with E-state index in [1.807, 2.05) is 0 Å². The van der Waals surface area contributed by atoms with Gasteiger partial charge in [0, 0.05) is 17.7 Å². The van der Waals surface area contributed by atoms with Crippen molar-refractivity contribution in [2.45, 2.75) is 13.0 Å². The first-order chi connectivity index (χ1) is 9.49. The third kappa shape index (κ3) is 3.07. The minimum atomic E-state index is -0.692. The zero-order valence-electron chi connectivity index (χ0n) is 10.6. The average molecular weight is 294 g/mol. The highest BCUT2D eigenvalue weighted by Gasteiger charge is 2.13. The molecule has 1 atom stereocenters. The second kappa shape index (κ2) is 5.90. The number of nitrogens with zero attached hydrogens (tertiary/aromatic N) is 1. The Morgan fingerprint density at radius 1 is 1.25 bits per heavy atom. The van der Waals surface area contributed by atoms with Crippen LogP contribution in [0.1, 0.15) is 18.6 Å². The highest BCUT2D eigenvalue weighted by Crippen LogP contribution is 2.35. The van der Waals surface area contributed by atoms with Crippen LogP contribution >= 0.6 is 11.6 Å². The summed E-state index contributed by atoms with van der Waals surface area (Å²) in [5, 5.41) is 20.4. The average Bonchev–Trinajstić information content (AvgIpc) is 2.41. The largest absolute Gasteiger partial charge is 0.455 e. The van der Waals surface area contributed by atoms with E-state index in [0.717, 1.165) is 0 Å². The van der Waals surface area contributed by atoms with Crippen molar-refractivity contribution in [1.82, 2.24) is 0 Å². The van der Waals surface area contributed by atoms with E-state index >= 15 is 0 Å². The molecule has 20 heavy (non-hydrogen) atoms. The quantitative estimate of drug-likeness (QED) is 0.680. The van der Waals surface area contributed by atoms with Crippen LogP contribution in [0.4, 0.5) is 5.69 Å². The Labute approximate surface area is 120 Å². The molecule has 6 heteroatoms. The topological polar surface area (TPSA) is 72.6 Å². The van der Waals surface area contributed by atoms with Gasteiger partial charge in [0.1, 0.15) is 11.5 Å². The number of aliphatic hydroxyl groups is 1. The maximum atomic E-state index is 10.6. The fourth-order valence-corrected chi connectivity index (χ4v) is 1.94. The van der Waals surface area contributed by atoms with Gasteiger partial charge in [-0.05, 0) is 19.1 Å². The summed E-state index contributed by atoms with van der Waals surface area (Å²) in [6.45, 7) is 1.62. The predicted molar refractivity (Wildman–Crippen MR) is 75.3 cm³/mol. The van der Waals surface area contributed by atoms with Crippen LogP contribution < -0.4 is 4.74 Å². The second-order valence-corrected chi connectivity index (χ2v) is 4.59. The highest BCUT2D eigenvalue weighted by atomic mass is 35.5. The van der Waals surface area contributed by atoms with E-state index in [1.165, 1.54) is 18.2 Å². The molecular weight excluding hydrogens is 282 g/mol. The molecule has 0 aliphatic carbocycles. The number of aliphatic hydroxyl groups excluding tert-OH is 1. The molecule has 0 bridgehead atoms. The summed E-state index contributed by atoms with van der Waals surface area (Å²) in [4.78, 5) is 10.1. The van der Waals surface area contributed by atoms with E-state index in [4.69, 9.17) is 16.3 Å². The van der Waals surface area contributed by atoms with Gasteiger partial charge in [-0.1, -0.05) is 29.8 Å². The Balaban J connectivity index is 2.33. The van der Waals surface area contributed by atoms with Crippen molar-refractivity contribution in [3.05, 3.63) is 63.2 Å². The summed E-state index contributed by atoms with van der Waals surface area (Å²) in [6.07, 6.45) is -0.692. The first kappa shape index (κ1) is 14.3. The third-order valence-corrected chi connectivity index (χ3v) is 3.01. The molecule has 0 spiro atoms. The van der Waals surface area contributed by atoms with Crippen molar-refractivity contribution in [2.24, 2.45) is 0 Å². The SMILES string of the molecule is C[C@H](O)c1ccccc1Oc1ccc([N+](=O)[O-])cc1Cl. The molecule has 5 nitrogen and oxygen atoms in total. The predicted octanol–water partition coefficient (Wildman–Crippen LogP) is 4.09. The van der Waals surface area contributed by atoms with Crippen LogP contribution in [0.5, 0.6) is 11.5 Å². The van der Waals surface area contributed by atoms with Crippen LogP contribution in [-0.2, 0) is 0 Å². The van der Waals surface area contributed by atoms with Crippen molar-refractivity contribution in [2.75, 3.05) is 0 Å². The standard InChI is InChI=1S/C14H12ClNO4/c1-9(17)11-4-2-3-5-13(11)20-14-7-6-10(16(18)19)8-12(14)15/h2-9,17H,1H3/t9-/m0/s1. The number of halogens is 1. The summed E-state index contributed by atoms with van der Waals surface area (Å²) >= 11 is 5.96. The number of hydrogen-bond donors (Lipinski definition) is 1. The van der Waals surface area contributed by atoms with Gasteiger partial charge in [0.15, 0.2) is 0 Å². The lowest BCUT2D eigenvalue weighted by atomic mass is 10.1. The van der Waals surface area contributed by atoms with E-state index < -0.39 is 11.0 Å². The van der Waals surface area contributed by atoms with E-state index in [0.29, 0.717) is 17.1 Å². The van der Waals surface area contributed by atoms with Gasteiger partial charge in [-0.25, -0.2) is 0 Å². The summed E-state index contributed by atoms with van der Waals surface area (Å²) < 4.78 is 5.62. The van der Waals surface area contributed by atoms with Crippen molar-refractivity contribution in [3.8, 4) is 11.5 Å².